The molecule has 0 amide bonds. The number of pyridine rings is 2. The van der Waals surface area contributed by atoms with E-state index in [0.717, 1.165) is 41.6 Å². The molecule has 4 heterocycles. The van der Waals surface area contributed by atoms with Gasteiger partial charge >= 0.3 is 0 Å². The Kier molecular flexibility index (Phi) is 3.53. The van der Waals surface area contributed by atoms with Gasteiger partial charge in [-0.15, -0.1) is 0 Å². The zero-order chi connectivity index (χ0) is 15.8. The number of anilines is 2. The molecule has 1 aliphatic rings. The molecule has 4 N–H and O–H groups in total. The first-order chi connectivity index (χ1) is 11.3. The molecule has 1 fully saturated rings. The number of H-pyrrole nitrogens is 1. The van der Waals surface area contributed by atoms with Crippen molar-refractivity contribution in [1.82, 2.24) is 20.3 Å². The number of likely N-dealkylation sites (N-methyl/N-ethyl adjacent to an activating group) is 1. The maximum atomic E-state index is 5.90. The quantitative estimate of drug-likeness (QED) is 0.691. The van der Waals surface area contributed by atoms with Crippen LogP contribution >= 0.6 is 0 Å². The fourth-order valence-electron chi connectivity index (χ4n) is 3.63. The Morgan fingerprint density at radius 1 is 1.43 bits per heavy atom. The van der Waals surface area contributed by atoms with Crippen molar-refractivity contribution in [2.24, 2.45) is 0 Å². The Morgan fingerprint density at radius 3 is 3.22 bits per heavy atom. The molecule has 4 rings (SSSR count). The lowest BCUT2D eigenvalue weighted by Gasteiger charge is -2.35. The van der Waals surface area contributed by atoms with Gasteiger partial charge in [0, 0.05) is 36.4 Å². The number of nitrogens with zero attached hydrogens (tertiary/aromatic N) is 3. The second kappa shape index (κ2) is 5.70. The summed E-state index contributed by atoms with van der Waals surface area (Å²) in [7, 11) is 0. The third kappa shape index (κ3) is 2.49. The lowest BCUT2D eigenvalue weighted by atomic mass is 10.0. The Bertz CT molecular complexity index is 838. The van der Waals surface area contributed by atoms with Crippen molar-refractivity contribution in [1.29, 1.82) is 0 Å². The van der Waals surface area contributed by atoms with Gasteiger partial charge in [0.1, 0.15) is 11.5 Å². The van der Waals surface area contributed by atoms with Crippen LogP contribution in [0.3, 0.4) is 0 Å². The summed E-state index contributed by atoms with van der Waals surface area (Å²) in [6.07, 6.45) is 6.10. The Labute approximate surface area is 135 Å². The largest absolute Gasteiger partial charge is 0.384 e. The van der Waals surface area contributed by atoms with E-state index in [1.54, 1.807) is 6.20 Å². The van der Waals surface area contributed by atoms with E-state index in [-0.39, 0.29) is 0 Å². The van der Waals surface area contributed by atoms with Crippen molar-refractivity contribution in [2.75, 3.05) is 30.3 Å². The highest BCUT2D eigenvalue weighted by Gasteiger charge is 2.22. The predicted molar refractivity (Wildman–Crippen MR) is 94.7 cm³/mol. The Hall–Kier alpha value is -2.34. The predicted octanol–water partition coefficient (Wildman–Crippen LogP) is 2.27. The number of nitrogens with one attached hydrogen (secondary N) is 2. The summed E-state index contributed by atoms with van der Waals surface area (Å²) < 4.78 is 0. The maximum absolute atomic E-state index is 5.90. The highest BCUT2D eigenvalue weighted by Crippen LogP contribution is 2.34. The fourth-order valence-corrected chi connectivity index (χ4v) is 3.63. The fraction of sp³-hybridized carbons (Fsp3) is 0.412. The smallest absolute Gasteiger partial charge is 0.140 e. The Balaban J connectivity index is 1.83. The van der Waals surface area contributed by atoms with Crippen molar-refractivity contribution in [3.63, 3.8) is 0 Å². The van der Waals surface area contributed by atoms with Crippen LogP contribution in [0.15, 0.2) is 24.5 Å². The normalized spacial score (nSPS) is 18.8. The number of nitrogens with two attached hydrogens (primary N) is 1. The number of aromatic amines is 1. The summed E-state index contributed by atoms with van der Waals surface area (Å²) in [5, 5.41) is 5.82. The SMILES string of the molecule is CCNC1CCCN(c2ccnc3[nH]c4cnc(N)cc4c23)C1. The van der Waals surface area contributed by atoms with Gasteiger partial charge in [-0.3, -0.25) is 0 Å². The molecule has 120 valence electrons. The van der Waals surface area contributed by atoms with Crippen LogP contribution in [0, 0.1) is 0 Å². The van der Waals surface area contributed by atoms with Gasteiger partial charge in [0.15, 0.2) is 0 Å². The van der Waals surface area contributed by atoms with E-state index >= 15 is 0 Å². The number of nitrogen functional groups attached to an aromatic ring is 1. The molecule has 0 radical (unpaired) electrons. The van der Waals surface area contributed by atoms with Crippen LogP contribution in [0.2, 0.25) is 0 Å². The second-order valence-electron chi connectivity index (χ2n) is 6.18. The molecule has 1 unspecified atom stereocenters. The third-order valence-electron chi connectivity index (χ3n) is 4.63. The van der Waals surface area contributed by atoms with Gasteiger partial charge in [-0.1, -0.05) is 6.92 Å². The van der Waals surface area contributed by atoms with Crippen molar-refractivity contribution in [3.8, 4) is 0 Å². The van der Waals surface area contributed by atoms with Crippen LogP contribution in [-0.2, 0) is 0 Å². The molecular formula is C17H22N6. The molecule has 1 saturated heterocycles. The van der Waals surface area contributed by atoms with E-state index in [0.29, 0.717) is 11.9 Å². The summed E-state index contributed by atoms with van der Waals surface area (Å²) >= 11 is 0. The van der Waals surface area contributed by atoms with Crippen LogP contribution in [0.25, 0.3) is 21.9 Å². The third-order valence-corrected chi connectivity index (χ3v) is 4.63. The molecule has 1 atom stereocenters. The zero-order valence-corrected chi connectivity index (χ0v) is 13.3. The van der Waals surface area contributed by atoms with Gasteiger partial charge in [-0.25, -0.2) is 9.97 Å². The highest BCUT2D eigenvalue weighted by atomic mass is 15.2. The first-order valence-electron chi connectivity index (χ1n) is 8.26. The van der Waals surface area contributed by atoms with Crippen LogP contribution in [0.4, 0.5) is 11.5 Å². The first-order valence-corrected chi connectivity index (χ1v) is 8.26. The van der Waals surface area contributed by atoms with E-state index in [1.807, 2.05) is 12.3 Å². The summed E-state index contributed by atoms with van der Waals surface area (Å²) in [4.78, 5) is 14.5. The zero-order valence-electron chi connectivity index (χ0n) is 13.3. The molecule has 0 aliphatic carbocycles. The van der Waals surface area contributed by atoms with E-state index < -0.39 is 0 Å². The first kappa shape index (κ1) is 14.3. The van der Waals surface area contributed by atoms with Crippen LogP contribution < -0.4 is 16.0 Å². The molecule has 3 aromatic heterocycles. The minimum Gasteiger partial charge on any atom is -0.384 e. The molecule has 0 aromatic carbocycles. The number of rotatable bonds is 3. The van der Waals surface area contributed by atoms with Gasteiger partial charge < -0.3 is 20.9 Å². The minimum atomic E-state index is 0.539. The molecule has 0 spiro atoms. The molecule has 0 saturated carbocycles. The minimum absolute atomic E-state index is 0.539. The molecule has 6 heteroatoms. The van der Waals surface area contributed by atoms with Gasteiger partial charge in [0.05, 0.1) is 17.1 Å². The number of fused-ring (bicyclic) bond motifs is 3. The highest BCUT2D eigenvalue weighted by molar-refractivity contribution is 6.12. The molecular weight excluding hydrogens is 288 g/mol. The molecule has 0 bridgehead atoms. The summed E-state index contributed by atoms with van der Waals surface area (Å²) in [6.45, 7) is 5.28. The molecule has 6 nitrogen and oxygen atoms in total. The average molecular weight is 310 g/mol. The number of piperidine rings is 1. The van der Waals surface area contributed by atoms with Crippen LogP contribution in [-0.4, -0.2) is 40.6 Å². The summed E-state index contributed by atoms with van der Waals surface area (Å²) in [6, 6.07) is 4.60. The van der Waals surface area contributed by atoms with E-state index in [4.69, 9.17) is 5.73 Å². The molecule has 1 aliphatic heterocycles. The lowest BCUT2D eigenvalue weighted by molar-refractivity contribution is 0.432. The number of aromatic nitrogens is 3. The number of hydrogen-bond donors (Lipinski definition) is 3. The molecule has 23 heavy (non-hydrogen) atoms. The average Bonchev–Trinajstić information content (AvgIpc) is 2.93. The summed E-state index contributed by atoms with van der Waals surface area (Å²) in [5.74, 6) is 0.539. The van der Waals surface area contributed by atoms with Gasteiger partial charge in [-0.2, -0.15) is 0 Å². The van der Waals surface area contributed by atoms with E-state index in [1.165, 1.54) is 18.5 Å². The van der Waals surface area contributed by atoms with Crippen molar-refractivity contribution < 1.29 is 0 Å². The van der Waals surface area contributed by atoms with Crippen LogP contribution in [0.1, 0.15) is 19.8 Å². The maximum Gasteiger partial charge on any atom is 0.140 e. The van der Waals surface area contributed by atoms with Crippen molar-refractivity contribution in [3.05, 3.63) is 24.5 Å². The van der Waals surface area contributed by atoms with Crippen molar-refractivity contribution >= 4 is 33.4 Å². The topological polar surface area (TPSA) is 82.9 Å². The Morgan fingerprint density at radius 2 is 2.35 bits per heavy atom. The van der Waals surface area contributed by atoms with E-state index in [2.05, 4.69) is 38.2 Å². The lowest BCUT2D eigenvalue weighted by Crippen LogP contribution is -2.45. The van der Waals surface area contributed by atoms with Gasteiger partial charge in [0.25, 0.3) is 0 Å². The monoisotopic (exact) mass is 310 g/mol. The number of hydrogen-bond acceptors (Lipinski definition) is 5. The van der Waals surface area contributed by atoms with E-state index in [9.17, 15) is 0 Å². The molecule has 3 aromatic rings. The van der Waals surface area contributed by atoms with Crippen molar-refractivity contribution in [2.45, 2.75) is 25.8 Å². The van der Waals surface area contributed by atoms with Gasteiger partial charge in [0.2, 0.25) is 0 Å². The van der Waals surface area contributed by atoms with Gasteiger partial charge in [-0.05, 0) is 31.5 Å². The second-order valence-corrected chi connectivity index (χ2v) is 6.18. The van der Waals surface area contributed by atoms with Crippen LogP contribution in [0.5, 0.6) is 0 Å². The standard InChI is InChI=1S/C17H22N6/c1-2-19-11-4-3-7-23(10-11)14-5-6-20-17-16(14)12-8-15(18)21-9-13(12)22-17/h5-6,8-9,11,19H,2-4,7,10H2,1H3,(H2,18,21)(H,20,22). The summed E-state index contributed by atoms with van der Waals surface area (Å²) in [5.41, 5.74) is 9.01.